The summed E-state index contributed by atoms with van der Waals surface area (Å²) in [5.41, 5.74) is 6.55. The van der Waals surface area contributed by atoms with Gasteiger partial charge in [-0.15, -0.1) is 0 Å². The first-order valence-corrected chi connectivity index (χ1v) is 7.38. The summed E-state index contributed by atoms with van der Waals surface area (Å²) in [6.07, 6.45) is 6.76. The van der Waals surface area contributed by atoms with E-state index in [1.54, 1.807) is 0 Å². The molecule has 0 bridgehead atoms. The van der Waals surface area contributed by atoms with Gasteiger partial charge in [0, 0.05) is 6.54 Å². The minimum Gasteiger partial charge on any atom is -0.493 e. The van der Waals surface area contributed by atoms with Gasteiger partial charge in [0.15, 0.2) is 0 Å². The molecule has 1 saturated carbocycles. The van der Waals surface area contributed by atoms with Crippen molar-refractivity contribution in [3.63, 3.8) is 0 Å². The normalized spacial score (nSPS) is 16.5. The summed E-state index contributed by atoms with van der Waals surface area (Å²) < 4.78 is 11.3. The van der Waals surface area contributed by atoms with E-state index in [9.17, 15) is 0 Å². The van der Waals surface area contributed by atoms with Crippen LogP contribution in [0.3, 0.4) is 0 Å². The molecule has 1 aromatic rings. The smallest absolute Gasteiger partial charge is 0.119 e. The molecule has 106 valence electrons. The second-order valence-corrected chi connectivity index (χ2v) is 5.30. The molecule has 1 aromatic carbocycles. The third-order valence-corrected chi connectivity index (χ3v) is 3.64. The van der Waals surface area contributed by atoms with Gasteiger partial charge in [0.25, 0.3) is 0 Å². The van der Waals surface area contributed by atoms with Gasteiger partial charge in [0.1, 0.15) is 5.75 Å². The molecule has 2 rings (SSSR count). The van der Waals surface area contributed by atoms with Crippen LogP contribution in [0.25, 0.3) is 0 Å². The number of nitrogens with two attached hydrogens (primary N) is 1. The lowest BCUT2D eigenvalue weighted by atomic mass is 9.90. The molecular formula is C16H25NO2. The molecule has 0 aromatic heterocycles. The fourth-order valence-corrected chi connectivity index (χ4v) is 2.57. The van der Waals surface area contributed by atoms with Crippen molar-refractivity contribution in [1.82, 2.24) is 0 Å². The van der Waals surface area contributed by atoms with E-state index in [0.29, 0.717) is 19.8 Å². The third kappa shape index (κ3) is 5.21. The van der Waals surface area contributed by atoms with Crippen LogP contribution >= 0.6 is 0 Å². The zero-order valence-electron chi connectivity index (χ0n) is 11.6. The quantitative estimate of drug-likeness (QED) is 0.769. The molecule has 3 nitrogen and oxygen atoms in total. The Morgan fingerprint density at radius 3 is 2.79 bits per heavy atom. The highest BCUT2D eigenvalue weighted by atomic mass is 16.5. The lowest BCUT2D eigenvalue weighted by Crippen LogP contribution is -2.15. The van der Waals surface area contributed by atoms with Crippen molar-refractivity contribution >= 4 is 0 Å². The summed E-state index contributed by atoms with van der Waals surface area (Å²) in [5.74, 6) is 1.70. The second-order valence-electron chi connectivity index (χ2n) is 5.30. The molecule has 0 unspecified atom stereocenters. The Morgan fingerprint density at radius 1 is 1.16 bits per heavy atom. The molecular weight excluding hydrogens is 238 g/mol. The maximum absolute atomic E-state index is 5.91. The average molecular weight is 263 g/mol. The molecule has 0 aliphatic heterocycles. The van der Waals surface area contributed by atoms with Crippen LogP contribution in [0, 0.1) is 5.92 Å². The Hall–Kier alpha value is -1.06. The van der Waals surface area contributed by atoms with Crippen molar-refractivity contribution in [1.29, 1.82) is 0 Å². The molecule has 0 atom stereocenters. The molecule has 0 saturated heterocycles. The molecule has 2 N–H and O–H groups in total. The van der Waals surface area contributed by atoms with Crippen molar-refractivity contribution in [3.8, 4) is 5.75 Å². The molecule has 0 heterocycles. The van der Waals surface area contributed by atoms with E-state index in [1.165, 1.54) is 32.1 Å². The minimum atomic E-state index is 0.567. The molecule has 0 spiro atoms. The maximum Gasteiger partial charge on any atom is 0.119 e. The van der Waals surface area contributed by atoms with Crippen LogP contribution in [0.5, 0.6) is 5.75 Å². The van der Waals surface area contributed by atoms with E-state index in [-0.39, 0.29) is 0 Å². The van der Waals surface area contributed by atoms with Crippen LogP contribution in [-0.2, 0) is 11.3 Å². The highest BCUT2D eigenvalue weighted by Gasteiger charge is 2.13. The Morgan fingerprint density at radius 2 is 2.00 bits per heavy atom. The standard InChI is InChI=1S/C16H25NO2/c17-9-10-18-12-15-7-4-8-16(11-15)19-13-14-5-2-1-3-6-14/h4,7-8,11,14H,1-3,5-6,9-10,12-13,17H2. The molecule has 0 amide bonds. The fraction of sp³-hybridized carbons (Fsp3) is 0.625. The van der Waals surface area contributed by atoms with Gasteiger partial charge in [-0.2, -0.15) is 0 Å². The average Bonchev–Trinajstić information content (AvgIpc) is 2.47. The second kappa shape index (κ2) is 8.18. The summed E-state index contributed by atoms with van der Waals surface area (Å²) >= 11 is 0. The minimum absolute atomic E-state index is 0.567. The Bertz CT molecular complexity index is 362. The van der Waals surface area contributed by atoms with Crippen molar-refractivity contribution < 1.29 is 9.47 Å². The highest BCUT2D eigenvalue weighted by Crippen LogP contribution is 2.24. The molecule has 1 fully saturated rings. The topological polar surface area (TPSA) is 44.5 Å². The number of rotatable bonds is 7. The van der Waals surface area contributed by atoms with Gasteiger partial charge in [-0.1, -0.05) is 31.4 Å². The van der Waals surface area contributed by atoms with E-state index >= 15 is 0 Å². The highest BCUT2D eigenvalue weighted by molar-refractivity contribution is 5.28. The van der Waals surface area contributed by atoms with Crippen LogP contribution < -0.4 is 10.5 Å². The van der Waals surface area contributed by atoms with Crippen molar-refractivity contribution in [2.45, 2.75) is 38.7 Å². The first-order valence-electron chi connectivity index (χ1n) is 7.38. The van der Waals surface area contributed by atoms with E-state index in [0.717, 1.165) is 23.8 Å². The van der Waals surface area contributed by atoms with Gasteiger partial charge in [-0.05, 0) is 36.5 Å². The third-order valence-electron chi connectivity index (χ3n) is 3.64. The Kier molecular flexibility index (Phi) is 6.18. The lowest BCUT2D eigenvalue weighted by Gasteiger charge is -2.21. The van der Waals surface area contributed by atoms with Gasteiger partial charge in [0.2, 0.25) is 0 Å². The first kappa shape index (κ1) is 14.4. The van der Waals surface area contributed by atoms with Crippen molar-refractivity contribution in [2.75, 3.05) is 19.8 Å². The first-order chi connectivity index (χ1) is 9.38. The zero-order chi connectivity index (χ0) is 13.3. The summed E-state index contributed by atoms with van der Waals surface area (Å²) in [6, 6.07) is 8.18. The van der Waals surface area contributed by atoms with Gasteiger partial charge < -0.3 is 15.2 Å². The van der Waals surface area contributed by atoms with Crippen LogP contribution in [0.4, 0.5) is 0 Å². The molecule has 19 heavy (non-hydrogen) atoms. The predicted octanol–water partition coefficient (Wildman–Crippen LogP) is 3.12. The fourth-order valence-electron chi connectivity index (χ4n) is 2.57. The van der Waals surface area contributed by atoms with Crippen LogP contribution in [0.2, 0.25) is 0 Å². The SMILES string of the molecule is NCCOCc1cccc(OCC2CCCCC2)c1. The van der Waals surface area contributed by atoms with Crippen molar-refractivity contribution in [2.24, 2.45) is 11.7 Å². The van der Waals surface area contributed by atoms with Crippen molar-refractivity contribution in [3.05, 3.63) is 29.8 Å². The largest absolute Gasteiger partial charge is 0.493 e. The summed E-state index contributed by atoms with van der Waals surface area (Å²) in [7, 11) is 0. The molecule has 1 aliphatic carbocycles. The van der Waals surface area contributed by atoms with Gasteiger partial charge in [-0.25, -0.2) is 0 Å². The Balaban J connectivity index is 1.77. The summed E-state index contributed by atoms with van der Waals surface area (Å²) in [5, 5.41) is 0. The molecule has 0 radical (unpaired) electrons. The number of benzene rings is 1. The van der Waals surface area contributed by atoms with Crippen LogP contribution in [0.1, 0.15) is 37.7 Å². The van der Waals surface area contributed by atoms with E-state index in [4.69, 9.17) is 15.2 Å². The maximum atomic E-state index is 5.91. The number of ether oxygens (including phenoxy) is 2. The number of hydrogen-bond donors (Lipinski definition) is 1. The van der Waals surface area contributed by atoms with E-state index in [1.807, 2.05) is 12.1 Å². The van der Waals surface area contributed by atoms with Gasteiger partial charge >= 0.3 is 0 Å². The molecule has 3 heteroatoms. The van der Waals surface area contributed by atoms with E-state index < -0.39 is 0 Å². The molecule has 1 aliphatic rings. The van der Waals surface area contributed by atoms with Gasteiger partial charge in [-0.3, -0.25) is 0 Å². The summed E-state index contributed by atoms with van der Waals surface area (Å²) in [4.78, 5) is 0. The van der Waals surface area contributed by atoms with Gasteiger partial charge in [0.05, 0.1) is 19.8 Å². The number of hydrogen-bond acceptors (Lipinski definition) is 3. The monoisotopic (exact) mass is 263 g/mol. The zero-order valence-corrected chi connectivity index (χ0v) is 11.6. The Labute approximate surface area is 116 Å². The summed E-state index contributed by atoms with van der Waals surface area (Å²) in [6.45, 7) is 2.63. The van der Waals surface area contributed by atoms with Crippen LogP contribution in [-0.4, -0.2) is 19.8 Å². The van der Waals surface area contributed by atoms with Crippen LogP contribution in [0.15, 0.2) is 24.3 Å². The predicted molar refractivity (Wildman–Crippen MR) is 77.2 cm³/mol. The lowest BCUT2D eigenvalue weighted by molar-refractivity contribution is 0.128. The van der Waals surface area contributed by atoms with E-state index in [2.05, 4.69) is 12.1 Å².